The second-order valence-corrected chi connectivity index (χ2v) is 21.8. The third-order valence-corrected chi connectivity index (χ3v) is 16.1. The zero-order valence-electron chi connectivity index (χ0n) is 42.3. The number of alkyl carbamates (subject to hydrolysis) is 1. The third kappa shape index (κ3) is 11.4. The molecule has 76 heavy (non-hydrogen) atoms. The van der Waals surface area contributed by atoms with Crippen LogP contribution in [0.2, 0.25) is 0 Å². The monoisotopic (exact) mass is 1090 g/mol. The Kier molecular flexibility index (Phi) is 15.9. The number of phosphoric acid groups is 2. The lowest BCUT2D eigenvalue weighted by Crippen LogP contribution is -2.47. The summed E-state index contributed by atoms with van der Waals surface area (Å²) in [6.07, 6.45) is -1.96. The van der Waals surface area contributed by atoms with E-state index in [9.17, 15) is 38.3 Å². The molecule has 0 radical (unpaired) electrons. The van der Waals surface area contributed by atoms with Crippen molar-refractivity contribution in [3.05, 3.63) is 104 Å². The minimum atomic E-state index is -5.51. The lowest BCUT2D eigenvalue weighted by atomic mass is 9.86. The summed E-state index contributed by atoms with van der Waals surface area (Å²) in [5, 5.41) is 18.7. The van der Waals surface area contributed by atoms with E-state index < -0.39 is 58.4 Å². The number of phosphoric ester groups is 1. The molecule has 3 aromatic carbocycles. The number of H-pyrrole nitrogens is 1. The van der Waals surface area contributed by atoms with Crippen molar-refractivity contribution < 1.29 is 70.9 Å². The quantitative estimate of drug-likeness (QED) is 0.0338. The summed E-state index contributed by atoms with van der Waals surface area (Å²) < 4.78 is 55.2. The summed E-state index contributed by atoms with van der Waals surface area (Å²) in [5.74, 6) is 0.655. The second-order valence-electron chi connectivity index (χ2n) is 19.0. The van der Waals surface area contributed by atoms with Gasteiger partial charge in [0.1, 0.15) is 30.7 Å². The smallest absolute Gasteiger partial charge is 0.456 e. The maximum Gasteiger partial charge on any atom is 0.481 e. The summed E-state index contributed by atoms with van der Waals surface area (Å²) in [5.41, 5.74) is 11.9. The Morgan fingerprint density at radius 2 is 1.78 bits per heavy atom. The number of amides is 3. The van der Waals surface area contributed by atoms with Crippen LogP contribution in [0.4, 0.5) is 16.4 Å². The number of carbonyl (C=O) groups is 3. The van der Waals surface area contributed by atoms with E-state index in [1.807, 2.05) is 24.3 Å². The van der Waals surface area contributed by atoms with Gasteiger partial charge in [-0.1, -0.05) is 23.2 Å². The number of aliphatic hydroxyl groups excluding tert-OH is 1. The van der Waals surface area contributed by atoms with E-state index in [1.54, 1.807) is 11.9 Å². The number of nitrogen functional groups attached to an aromatic ring is 1. The maximum atomic E-state index is 14.5. The number of benzene rings is 3. The van der Waals surface area contributed by atoms with Crippen molar-refractivity contribution in [3.63, 3.8) is 0 Å². The molecule has 1 unspecified atom stereocenters. The van der Waals surface area contributed by atoms with Gasteiger partial charge in [0.05, 0.1) is 19.7 Å². The fraction of sp³-hybridized carbons (Fsp3) is 0.449. The van der Waals surface area contributed by atoms with Gasteiger partial charge in [-0.15, -0.1) is 0 Å². The number of fused-ring (bicyclic) bond motifs is 5. The first-order valence-electron chi connectivity index (χ1n) is 25.0. The van der Waals surface area contributed by atoms with Gasteiger partial charge in [-0.05, 0) is 68.9 Å². The number of nitrogens with two attached hydrogens (primary N) is 1. The number of hydrogen-bond acceptors (Lipinski definition) is 15. The summed E-state index contributed by atoms with van der Waals surface area (Å²) in [4.78, 5) is 91.7. The number of carbonyl (C=O) groups excluding carboxylic acids is 3. The number of ether oxygens (including phenoxy) is 3. The number of aromatic nitrogens is 4. The highest BCUT2D eigenvalue weighted by Gasteiger charge is 2.51. The summed E-state index contributed by atoms with van der Waals surface area (Å²) in [6, 6.07) is 16.4. The molecule has 1 saturated heterocycles. The topological polar surface area (TPSA) is 327 Å². The van der Waals surface area contributed by atoms with Crippen LogP contribution in [0.25, 0.3) is 16.7 Å². The van der Waals surface area contributed by atoms with Gasteiger partial charge in [-0.25, -0.2) is 23.1 Å². The van der Waals surface area contributed by atoms with Crippen LogP contribution >= 0.6 is 15.6 Å². The first-order valence-corrected chi connectivity index (χ1v) is 28.1. The van der Waals surface area contributed by atoms with Gasteiger partial charge < -0.3 is 60.2 Å². The minimum Gasteiger partial charge on any atom is -0.456 e. The van der Waals surface area contributed by atoms with Crippen LogP contribution < -0.4 is 51.3 Å². The van der Waals surface area contributed by atoms with E-state index in [0.717, 1.165) is 85.3 Å². The van der Waals surface area contributed by atoms with Crippen molar-refractivity contribution in [2.45, 2.75) is 76.9 Å². The molecule has 406 valence electrons. The highest BCUT2D eigenvalue weighted by atomic mass is 31.3. The Hall–Kier alpha value is -6.53. The number of imidazole rings is 1. The Morgan fingerprint density at radius 1 is 1.01 bits per heavy atom. The van der Waals surface area contributed by atoms with E-state index in [0.29, 0.717) is 12.0 Å². The maximum absolute atomic E-state index is 14.5. The van der Waals surface area contributed by atoms with Crippen LogP contribution in [0.15, 0.2) is 59.7 Å². The predicted molar refractivity (Wildman–Crippen MR) is 274 cm³/mol. The van der Waals surface area contributed by atoms with Crippen LogP contribution in [0.1, 0.15) is 78.4 Å². The van der Waals surface area contributed by atoms with Crippen LogP contribution in [0.5, 0.6) is 11.5 Å². The zero-order valence-corrected chi connectivity index (χ0v) is 44.1. The third-order valence-electron chi connectivity index (χ3n) is 13.9. The van der Waals surface area contributed by atoms with Gasteiger partial charge in [0, 0.05) is 91.8 Å². The van der Waals surface area contributed by atoms with Gasteiger partial charge in [-0.3, -0.25) is 28.5 Å². The lowest BCUT2D eigenvalue weighted by molar-refractivity contribution is -0.745. The molecule has 5 atom stereocenters. The van der Waals surface area contributed by atoms with Crippen molar-refractivity contribution >= 4 is 61.9 Å². The van der Waals surface area contributed by atoms with E-state index in [4.69, 9.17) is 34.3 Å². The van der Waals surface area contributed by atoms with Crippen molar-refractivity contribution in [2.75, 3.05) is 70.1 Å². The lowest BCUT2D eigenvalue weighted by Gasteiger charge is -2.33. The van der Waals surface area contributed by atoms with Gasteiger partial charge in [0.2, 0.25) is 23.0 Å². The fourth-order valence-corrected chi connectivity index (χ4v) is 12.0. The number of hydrogen-bond donors (Lipinski definition) is 8. The normalized spacial score (nSPS) is 19.7. The SMILES string of the molecule is CCN1CCCc2cc3c(cc21)Oc1cc2c(cc1=C3c1ccccc1C(=O)N(C)CCCC(=O)NCCNC(=O)O[C@H]1[C@@H](O)[C@H]([n+]3cn(C)c4c(=O)[nH]c(N)nc43)O[C@@H]1COP(=O)(O)OP(=O)(O)O)CCC[N+]=2CC. The fourth-order valence-electron chi connectivity index (χ4n) is 10.5. The van der Waals surface area contributed by atoms with Gasteiger partial charge in [0.15, 0.2) is 18.5 Å². The van der Waals surface area contributed by atoms with E-state index in [1.165, 1.54) is 44.7 Å². The molecule has 1 fully saturated rings. The van der Waals surface area contributed by atoms with Gasteiger partial charge in [-0.2, -0.15) is 4.31 Å². The van der Waals surface area contributed by atoms with Crippen LogP contribution in [0.3, 0.4) is 0 Å². The van der Waals surface area contributed by atoms with Crippen molar-refractivity contribution in [1.29, 1.82) is 0 Å². The summed E-state index contributed by atoms with van der Waals surface area (Å²) in [7, 11) is -7.73. The standard InChI is InChI=1S/C49H60N10O15P2/c1-5-57-20-9-12-28-22-32-36(24-34(28)57)71-37-25-35-29(13-10-21-58(35)6-2)23-33(37)40(32)30-14-7-8-15-31(30)46(63)55(3)19-11-16-39(60)51-17-18-52-49(64)73-43-38(26-70-76(68,69)74-75(65,66)67)72-47(42(43)61)59-27-56(4)41-44(59)53-48(50)54-45(41)62/h7-8,14-15,22-25,27,38,42-43,47,61H,5-6,9-13,16-21,26H2,1-4H3,(H6-2,50,51,52,53,54,60,62,64,65,66,67,68,69)/p+2/t38-,42-,43-,47-/m1/s1. The first-order chi connectivity index (χ1) is 36.2. The highest BCUT2D eigenvalue weighted by Crippen LogP contribution is 2.58. The van der Waals surface area contributed by atoms with E-state index in [-0.39, 0.29) is 55.0 Å². The Bertz CT molecular complexity index is 3400. The average Bonchev–Trinajstić information content (AvgIpc) is 3.92. The zero-order chi connectivity index (χ0) is 54.2. The van der Waals surface area contributed by atoms with Gasteiger partial charge in [0.25, 0.3) is 17.4 Å². The largest absolute Gasteiger partial charge is 0.481 e. The molecular weight excluding hydrogens is 1030 g/mol. The van der Waals surface area contributed by atoms with Crippen LogP contribution in [-0.4, -0.2) is 135 Å². The summed E-state index contributed by atoms with van der Waals surface area (Å²) >= 11 is 0. The molecule has 0 aliphatic carbocycles. The molecule has 9 rings (SSSR count). The number of rotatable bonds is 18. The molecule has 0 spiro atoms. The molecule has 25 nitrogen and oxygen atoms in total. The molecule has 4 aliphatic rings. The molecule has 2 aromatic heterocycles. The van der Waals surface area contributed by atoms with Gasteiger partial charge >= 0.3 is 27.4 Å². The molecule has 4 aliphatic heterocycles. The van der Waals surface area contributed by atoms with Crippen LogP contribution in [-0.2, 0) is 52.1 Å². The molecule has 3 amide bonds. The van der Waals surface area contributed by atoms with Crippen LogP contribution in [0, 0.1) is 0 Å². The van der Waals surface area contributed by atoms with E-state index in [2.05, 4.69) is 72.5 Å². The molecule has 9 N–H and O–H groups in total. The highest BCUT2D eigenvalue weighted by molar-refractivity contribution is 7.60. The number of anilines is 2. The Balaban J connectivity index is 0.833. The van der Waals surface area contributed by atoms with Crippen molar-refractivity contribution in [2.24, 2.45) is 7.05 Å². The number of aromatic amines is 1. The second kappa shape index (κ2) is 22.2. The van der Waals surface area contributed by atoms with Crippen molar-refractivity contribution in [1.82, 2.24) is 34.6 Å². The summed E-state index contributed by atoms with van der Waals surface area (Å²) in [6.45, 7) is 7.07. The number of aliphatic hydroxyl groups is 1. The molecule has 0 saturated carbocycles. The first kappa shape index (κ1) is 54.3. The Morgan fingerprint density at radius 3 is 2.54 bits per heavy atom. The molecular formula is C49H62N10O15P2+2. The number of nitrogens with one attached hydrogen (secondary N) is 3. The predicted octanol–water partition coefficient (Wildman–Crippen LogP) is 0.962. The molecule has 0 bridgehead atoms. The van der Waals surface area contributed by atoms with E-state index >= 15 is 0 Å². The number of nitrogens with zero attached hydrogens (tertiary/aromatic N) is 6. The number of aryl methyl sites for hydroxylation is 3. The molecule has 6 heterocycles. The van der Waals surface area contributed by atoms with Crippen molar-refractivity contribution in [3.8, 4) is 11.5 Å². The minimum absolute atomic E-state index is 0.0181. The average molecular weight is 1090 g/mol. The molecule has 27 heteroatoms. The Labute approximate surface area is 435 Å². The molecule has 5 aromatic rings.